The van der Waals surface area contributed by atoms with Crippen LogP contribution >= 0.6 is 0 Å². The minimum Gasteiger partial charge on any atom is -0.257 e. The first-order valence-corrected chi connectivity index (χ1v) is 4.20. The minimum atomic E-state index is -0.301. The van der Waals surface area contributed by atoms with Crippen LogP contribution in [0.2, 0.25) is 0 Å². The van der Waals surface area contributed by atoms with E-state index in [0.29, 0.717) is 0 Å². The van der Waals surface area contributed by atoms with E-state index < -0.39 is 0 Å². The highest BCUT2D eigenvalue weighted by Gasteiger charge is 2.42. The maximum Gasteiger partial charge on any atom is 0.153 e. The van der Waals surface area contributed by atoms with E-state index in [0.717, 1.165) is 12.8 Å². The zero-order valence-electron chi connectivity index (χ0n) is 7.73. The maximum atomic E-state index is 5.18. The number of hydrogen-bond donors (Lipinski definition) is 1. The minimum absolute atomic E-state index is 0.301. The summed E-state index contributed by atoms with van der Waals surface area (Å²) in [5.74, 6) is 0. The van der Waals surface area contributed by atoms with Crippen molar-refractivity contribution in [3.8, 4) is 0 Å². The summed E-state index contributed by atoms with van der Waals surface area (Å²) < 4.78 is 0. The number of rotatable bonds is 2. The molecular formula is C8H17NO2. The van der Waals surface area contributed by atoms with Crippen molar-refractivity contribution in [1.29, 1.82) is 0 Å². The quantitative estimate of drug-likeness (QED) is 0.623. The van der Waals surface area contributed by atoms with Crippen molar-refractivity contribution in [3.63, 3.8) is 0 Å². The summed E-state index contributed by atoms with van der Waals surface area (Å²) in [4.78, 5) is 10.4. The van der Waals surface area contributed by atoms with E-state index in [1.807, 2.05) is 13.8 Å². The van der Waals surface area contributed by atoms with Crippen LogP contribution in [-0.2, 0) is 9.78 Å². The predicted octanol–water partition coefficient (Wildman–Crippen LogP) is 1.79. The molecule has 0 aliphatic carbocycles. The predicted molar refractivity (Wildman–Crippen MR) is 42.7 cm³/mol. The molecule has 2 atom stereocenters. The highest BCUT2D eigenvalue weighted by Crippen LogP contribution is 2.28. The molecule has 1 aliphatic rings. The Bertz CT molecular complexity index is 135. The van der Waals surface area contributed by atoms with Crippen LogP contribution in [0.15, 0.2) is 0 Å². The van der Waals surface area contributed by atoms with Crippen molar-refractivity contribution in [3.05, 3.63) is 0 Å². The van der Waals surface area contributed by atoms with E-state index in [9.17, 15) is 0 Å². The molecule has 1 heterocycles. The van der Waals surface area contributed by atoms with E-state index in [4.69, 9.17) is 9.78 Å². The van der Waals surface area contributed by atoms with E-state index in [1.165, 1.54) is 0 Å². The molecule has 0 aromatic carbocycles. The van der Waals surface area contributed by atoms with Crippen molar-refractivity contribution < 1.29 is 9.78 Å². The number of nitrogens with one attached hydrogen (secondary N) is 1. The molecule has 66 valence electrons. The molecule has 1 N–H and O–H groups in total. The molecule has 1 aliphatic heterocycles. The van der Waals surface area contributed by atoms with Crippen LogP contribution in [0.3, 0.4) is 0 Å². The maximum absolute atomic E-state index is 5.18. The van der Waals surface area contributed by atoms with Crippen LogP contribution in [-0.4, -0.2) is 11.4 Å². The molecule has 3 heteroatoms. The van der Waals surface area contributed by atoms with Crippen LogP contribution in [0.25, 0.3) is 0 Å². The second-order valence-electron chi connectivity index (χ2n) is 3.46. The fourth-order valence-electron chi connectivity index (χ4n) is 1.08. The lowest BCUT2D eigenvalue weighted by atomic mass is 10.1. The third kappa shape index (κ3) is 1.72. The lowest BCUT2D eigenvalue weighted by molar-refractivity contribution is -0.344. The first-order chi connectivity index (χ1) is 5.04. The first kappa shape index (κ1) is 8.97. The molecule has 0 bridgehead atoms. The molecule has 0 aromatic heterocycles. The Morgan fingerprint density at radius 1 is 1.00 bits per heavy atom. The molecular weight excluding hydrogens is 142 g/mol. The van der Waals surface area contributed by atoms with Gasteiger partial charge in [-0.05, 0) is 26.7 Å². The van der Waals surface area contributed by atoms with Crippen molar-refractivity contribution in [1.82, 2.24) is 5.32 Å². The van der Waals surface area contributed by atoms with Gasteiger partial charge >= 0.3 is 0 Å². The Morgan fingerprint density at radius 3 is 1.55 bits per heavy atom. The lowest BCUT2D eigenvalue weighted by Gasteiger charge is -2.22. The average molecular weight is 159 g/mol. The van der Waals surface area contributed by atoms with E-state index in [-0.39, 0.29) is 11.4 Å². The monoisotopic (exact) mass is 159 g/mol. The van der Waals surface area contributed by atoms with E-state index >= 15 is 0 Å². The Labute approximate surface area is 68.0 Å². The van der Waals surface area contributed by atoms with Gasteiger partial charge in [0.2, 0.25) is 0 Å². The van der Waals surface area contributed by atoms with Gasteiger partial charge in [0.1, 0.15) is 0 Å². The normalized spacial score (nSPS) is 44.7. The molecule has 0 radical (unpaired) electrons. The molecule has 0 aromatic rings. The molecule has 2 unspecified atom stereocenters. The zero-order valence-corrected chi connectivity index (χ0v) is 7.73. The van der Waals surface area contributed by atoms with Gasteiger partial charge in [0, 0.05) is 0 Å². The summed E-state index contributed by atoms with van der Waals surface area (Å²) in [7, 11) is 0. The molecule has 0 saturated carbocycles. The van der Waals surface area contributed by atoms with E-state index in [1.54, 1.807) is 0 Å². The Kier molecular flexibility index (Phi) is 2.23. The Morgan fingerprint density at radius 2 is 1.36 bits per heavy atom. The third-order valence-corrected chi connectivity index (χ3v) is 2.29. The van der Waals surface area contributed by atoms with Gasteiger partial charge in [-0.25, -0.2) is 9.78 Å². The van der Waals surface area contributed by atoms with Crippen molar-refractivity contribution in [2.75, 3.05) is 0 Å². The summed E-state index contributed by atoms with van der Waals surface area (Å²) in [6.45, 7) is 8.12. The van der Waals surface area contributed by atoms with Gasteiger partial charge in [-0.1, -0.05) is 13.8 Å². The van der Waals surface area contributed by atoms with Gasteiger partial charge in [-0.2, -0.15) is 0 Å². The van der Waals surface area contributed by atoms with Crippen molar-refractivity contribution in [2.24, 2.45) is 0 Å². The van der Waals surface area contributed by atoms with E-state index in [2.05, 4.69) is 19.2 Å². The SMILES string of the molecule is CCC1(C)NC(C)(CC)OO1. The van der Waals surface area contributed by atoms with Gasteiger partial charge in [0.25, 0.3) is 0 Å². The van der Waals surface area contributed by atoms with Crippen LogP contribution in [0.1, 0.15) is 40.5 Å². The van der Waals surface area contributed by atoms with Crippen LogP contribution in [0.5, 0.6) is 0 Å². The molecule has 0 spiro atoms. The second-order valence-corrected chi connectivity index (χ2v) is 3.46. The number of hydrogen-bond acceptors (Lipinski definition) is 3. The summed E-state index contributed by atoms with van der Waals surface area (Å²) in [6, 6.07) is 0. The fourth-order valence-corrected chi connectivity index (χ4v) is 1.08. The summed E-state index contributed by atoms with van der Waals surface area (Å²) in [5.41, 5.74) is -0.602. The Hall–Kier alpha value is -0.120. The Balaban J connectivity index is 2.58. The highest BCUT2D eigenvalue weighted by atomic mass is 17.2. The molecule has 1 fully saturated rings. The second kappa shape index (κ2) is 2.73. The largest absolute Gasteiger partial charge is 0.257 e. The fraction of sp³-hybridized carbons (Fsp3) is 1.00. The van der Waals surface area contributed by atoms with Crippen LogP contribution in [0.4, 0.5) is 0 Å². The molecule has 3 nitrogen and oxygen atoms in total. The first-order valence-electron chi connectivity index (χ1n) is 4.20. The molecule has 1 rings (SSSR count). The van der Waals surface area contributed by atoms with Gasteiger partial charge in [-0.3, -0.25) is 5.32 Å². The molecule has 11 heavy (non-hydrogen) atoms. The summed E-state index contributed by atoms with van der Waals surface area (Å²) in [5, 5.41) is 3.30. The van der Waals surface area contributed by atoms with Gasteiger partial charge < -0.3 is 0 Å². The van der Waals surface area contributed by atoms with Crippen molar-refractivity contribution in [2.45, 2.75) is 52.0 Å². The van der Waals surface area contributed by atoms with Gasteiger partial charge in [0.15, 0.2) is 11.4 Å². The third-order valence-electron chi connectivity index (χ3n) is 2.29. The summed E-state index contributed by atoms with van der Waals surface area (Å²) in [6.07, 6.45) is 1.81. The van der Waals surface area contributed by atoms with Gasteiger partial charge in [-0.15, -0.1) is 0 Å². The zero-order chi connectivity index (χ0) is 8.54. The molecule has 0 amide bonds. The average Bonchev–Trinajstić information content (AvgIpc) is 2.30. The van der Waals surface area contributed by atoms with Crippen LogP contribution < -0.4 is 5.32 Å². The smallest absolute Gasteiger partial charge is 0.153 e. The van der Waals surface area contributed by atoms with Crippen LogP contribution in [0, 0.1) is 0 Å². The standard InChI is InChI=1S/C8H17NO2/c1-5-7(3)9-8(4,6-2)11-10-7/h9H,5-6H2,1-4H3. The topological polar surface area (TPSA) is 30.5 Å². The molecule has 1 saturated heterocycles. The summed E-state index contributed by atoms with van der Waals surface area (Å²) >= 11 is 0. The highest BCUT2D eigenvalue weighted by molar-refractivity contribution is 4.82. The lowest BCUT2D eigenvalue weighted by Crippen LogP contribution is -2.47. The van der Waals surface area contributed by atoms with Gasteiger partial charge in [0.05, 0.1) is 0 Å². The van der Waals surface area contributed by atoms with Crippen molar-refractivity contribution >= 4 is 0 Å².